The fourth-order valence-corrected chi connectivity index (χ4v) is 2.88. The van der Waals surface area contributed by atoms with Crippen LogP contribution in [0.3, 0.4) is 0 Å². The summed E-state index contributed by atoms with van der Waals surface area (Å²) in [6, 6.07) is 10.5. The van der Waals surface area contributed by atoms with Crippen molar-refractivity contribution in [3.05, 3.63) is 35.9 Å². The van der Waals surface area contributed by atoms with Crippen molar-refractivity contribution in [1.82, 2.24) is 10.6 Å². The summed E-state index contributed by atoms with van der Waals surface area (Å²) in [5.74, 6) is 0.801. The van der Waals surface area contributed by atoms with Crippen LogP contribution in [-0.2, 0) is 15.3 Å². The monoisotopic (exact) mass is 451 g/mol. The minimum Gasteiger partial charge on any atom is -0.357 e. The van der Waals surface area contributed by atoms with E-state index in [2.05, 4.69) is 39.9 Å². The van der Waals surface area contributed by atoms with Crippen molar-refractivity contribution in [2.45, 2.75) is 25.2 Å². The minimum atomic E-state index is -2.95. The number of sulfone groups is 1. The number of hydrogen-bond acceptors (Lipinski definition) is 3. The molecule has 1 fully saturated rings. The molecule has 1 aliphatic rings. The summed E-state index contributed by atoms with van der Waals surface area (Å²) in [5, 5.41) is 6.25. The lowest BCUT2D eigenvalue weighted by Crippen LogP contribution is -2.40. The Kier molecular flexibility index (Phi) is 7.79. The molecule has 0 atom stereocenters. The molecule has 0 radical (unpaired) electrons. The van der Waals surface area contributed by atoms with E-state index in [-0.39, 0.29) is 35.1 Å². The van der Waals surface area contributed by atoms with Gasteiger partial charge in [-0.25, -0.2) is 8.42 Å². The molecule has 1 saturated carbocycles. The second-order valence-electron chi connectivity index (χ2n) is 5.90. The zero-order chi connectivity index (χ0) is 16.1. The largest absolute Gasteiger partial charge is 0.357 e. The van der Waals surface area contributed by atoms with Crippen LogP contribution in [0.5, 0.6) is 0 Å². The molecule has 130 valence electrons. The van der Waals surface area contributed by atoms with E-state index >= 15 is 0 Å². The molecule has 0 unspecified atom stereocenters. The summed E-state index contributed by atoms with van der Waals surface area (Å²) < 4.78 is 22.4. The van der Waals surface area contributed by atoms with Gasteiger partial charge in [-0.05, 0) is 25.3 Å². The highest BCUT2D eigenvalue weighted by Crippen LogP contribution is 2.48. The average Bonchev–Trinajstić information content (AvgIpc) is 3.26. The Balaban J connectivity index is 0.00000264. The van der Waals surface area contributed by atoms with Gasteiger partial charge in [0.15, 0.2) is 5.96 Å². The van der Waals surface area contributed by atoms with Gasteiger partial charge < -0.3 is 10.6 Å². The molecule has 0 saturated heterocycles. The van der Waals surface area contributed by atoms with E-state index in [9.17, 15) is 8.42 Å². The van der Waals surface area contributed by atoms with Gasteiger partial charge in [0.05, 0.1) is 12.3 Å². The number of aliphatic imine (C=N–C) groups is 1. The van der Waals surface area contributed by atoms with Crippen LogP contribution in [-0.4, -0.2) is 46.0 Å². The fraction of sp³-hybridized carbons (Fsp3) is 0.562. The Hall–Kier alpha value is -0.830. The lowest BCUT2D eigenvalue weighted by Gasteiger charge is -2.15. The minimum absolute atomic E-state index is 0. The quantitative estimate of drug-likeness (QED) is 0.378. The van der Waals surface area contributed by atoms with Crippen LogP contribution < -0.4 is 10.6 Å². The maximum atomic E-state index is 11.2. The van der Waals surface area contributed by atoms with Crippen LogP contribution >= 0.6 is 24.0 Å². The number of guanidine groups is 1. The van der Waals surface area contributed by atoms with Gasteiger partial charge in [-0.2, -0.15) is 0 Å². The first-order valence-electron chi connectivity index (χ1n) is 7.71. The van der Waals surface area contributed by atoms with Crippen LogP contribution in [0.25, 0.3) is 0 Å². The van der Waals surface area contributed by atoms with Gasteiger partial charge in [0.2, 0.25) is 0 Å². The third-order valence-electron chi connectivity index (χ3n) is 3.89. The Morgan fingerprint density at radius 2 is 1.87 bits per heavy atom. The van der Waals surface area contributed by atoms with Crippen LogP contribution in [0, 0.1) is 0 Å². The van der Waals surface area contributed by atoms with Crippen LogP contribution in [0.2, 0.25) is 0 Å². The third kappa shape index (κ3) is 6.66. The van der Waals surface area contributed by atoms with E-state index in [0.29, 0.717) is 12.5 Å². The first-order chi connectivity index (χ1) is 10.5. The molecule has 0 heterocycles. The van der Waals surface area contributed by atoms with Gasteiger partial charge in [0, 0.05) is 24.8 Å². The van der Waals surface area contributed by atoms with E-state index in [1.807, 2.05) is 13.0 Å². The van der Waals surface area contributed by atoms with E-state index in [0.717, 1.165) is 25.9 Å². The van der Waals surface area contributed by atoms with Gasteiger partial charge in [-0.3, -0.25) is 4.99 Å². The molecule has 1 aliphatic carbocycles. The topological polar surface area (TPSA) is 70.6 Å². The number of benzene rings is 1. The molecular weight excluding hydrogens is 425 g/mol. The van der Waals surface area contributed by atoms with Crippen molar-refractivity contribution < 1.29 is 8.42 Å². The standard InChI is InChI=1S/C16H25N3O2S.HI/c1-3-17-15(18-11-12-22(2,20)21)19-13-16(9-10-16)14-7-5-4-6-8-14;/h4-8H,3,9-13H2,1-2H3,(H2,17,18,19);1H. The molecule has 0 amide bonds. The Labute approximate surface area is 156 Å². The predicted molar refractivity (Wildman–Crippen MR) is 106 cm³/mol. The first kappa shape index (κ1) is 20.2. The molecule has 1 aromatic carbocycles. The van der Waals surface area contributed by atoms with Crippen LogP contribution in [0.4, 0.5) is 0 Å². The van der Waals surface area contributed by atoms with Crippen LogP contribution in [0.1, 0.15) is 25.3 Å². The number of rotatable bonds is 7. The molecule has 23 heavy (non-hydrogen) atoms. The SMILES string of the molecule is CCNC(=NCC1(c2ccccc2)CC1)NCCS(C)(=O)=O.I. The van der Waals surface area contributed by atoms with E-state index in [1.165, 1.54) is 11.8 Å². The lowest BCUT2D eigenvalue weighted by molar-refractivity contribution is 0.600. The van der Waals surface area contributed by atoms with E-state index < -0.39 is 9.84 Å². The summed E-state index contributed by atoms with van der Waals surface area (Å²) in [6.07, 6.45) is 3.56. The second-order valence-corrected chi connectivity index (χ2v) is 8.16. The molecule has 0 bridgehead atoms. The van der Waals surface area contributed by atoms with Crippen molar-refractivity contribution in [2.24, 2.45) is 4.99 Å². The molecule has 0 spiro atoms. The van der Waals surface area contributed by atoms with Crippen molar-refractivity contribution in [1.29, 1.82) is 0 Å². The molecule has 5 nitrogen and oxygen atoms in total. The van der Waals surface area contributed by atoms with Gasteiger partial charge >= 0.3 is 0 Å². The summed E-state index contributed by atoms with van der Waals surface area (Å²) in [5.41, 5.74) is 1.51. The smallest absolute Gasteiger partial charge is 0.191 e. The van der Waals surface area contributed by atoms with Crippen LogP contribution in [0.15, 0.2) is 35.3 Å². The Bertz CT molecular complexity index is 613. The van der Waals surface area contributed by atoms with Crippen molar-refractivity contribution in [3.63, 3.8) is 0 Å². The van der Waals surface area contributed by atoms with Gasteiger partial charge in [-0.1, -0.05) is 30.3 Å². The summed E-state index contributed by atoms with van der Waals surface area (Å²) in [7, 11) is -2.95. The highest BCUT2D eigenvalue weighted by Gasteiger charge is 2.43. The van der Waals surface area contributed by atoms with Crippen molar-refractivity contribution in [3.8, 4) is 0 Å². The third-order valence-corrected chi connectivity index (χ3v) is 4.83. The van der Waals surface area contributed by atoms with E-state index in [1.54, 1.807) is 0 Å². The summed E-state index contributed by atoms with van der Waals surface area (Å²) in [4.78, 5) is 4.64. The zero-order valence-corrected chi connectivity index (χ0v) is 16.9. The maximum absolute atomic E-state index is 11.2. The summed E-state index contributed by atoms with van der Waals surface area (Å²) in [6.45, 7) is 3.86. The lowest BCUT2D eigenvalue weighted by atomic mass is 9.96. The Morgan fingerprint density at radius 1 is 1.22 bits per heavy atom. The predicted octanol–water partition coefficient (Wildman–Crippen LogP) is 1.94. The Morgan fingerprint density at radius 3 is 2.39 bits per heavy atom. The van der Waals surface area contributed by atoms with Gasteiger partial charge in [-0.15, -0.1) is 24.0 Å². The first-order valence-corrected chi connectivity index (χ1v) is 9.77. The average molecular weight is 451 g/mol. The number of nitrogens with zero attached hydrogens (tertiary/aromatic N) is 1. The second kappa shape index (κ2) is 8.86. The highest BCUT2D eigenvalue weighted by molar-refractivity contribution is 14.0. The van der Waals surface area contributed by atoms with Crippen molar-refractivity contribution >= 4 is 39.8 Å². The molecule has 7 heteroatoms. The maximum Gasteiger partial charge on any atom is 0.191 e. The number of nitrogens with one attached hydrogen (secondary N) is 2. The van der Waals surface area contributed by atoms with Crippen molar-refractivity contribution in [2.75, 3.05) is 31.6 Å². The molecular formula is C16H26IN3O2S. The zero-order valence-electron chi connectivity index (χ0n) is 13.7. The molecule has 1 aromatic rings. The molecule has 2 rings (SSSR count). The fourth-order valence-electron chi connectivity index (χ4n) is 2.41. The number of halogens is 1. The number of hydrogen-bond donors (Lipinski definition) is 2. The molecule has 0 aliphatic heterocycles. The highest BCUT2D eigenvalue weighted by atomic mass is 127. The van der Waals surface area contributed by atoms with Gasteiger partial charge in [0.25, 0.3) is 0 Å². The van der Waals surface area contributed by atoms with E-state index in [4.69, 9.17) is 0 Å². The summed E-state index contributed by atoms with van der Waals surface area (Å²) >= 11 is 0. The van der Waals surface area contributed by atoms with Gasteiger partial charge in [0.1, 0.15) is 9.84 Å². The molecule has 2 N–H and O–H groups in total. The normalized spacial score (nSPS) is 16.3. The molecule has 0 aromatic heterocycles.